The van der Waals surface area contributed by atoms with E-state index in [1.54, 1.807) is 31.2 Å². The summed E-state index contributed by atoms with van der Waals surface area (Å²) in [7, 11) is 0. The lowest BCUT2D eigenvalue weighted by Crippen LogP contribution is -2.30. The zero-order chi connectivity index (χ0) is 17.5. The number of imide groups is 1. The third-order valence-electron chi connectivity index (χ3n) is 4.05. The molecule has 5 nitrogen and oxygen atoms in total. The van der Waals surface area contributed by atoms with E-state index in [0.29, 0.717) is 36.3 Å². The van der Waals surface area contributed by atoms with Gasteiger partial charge in [0.2, 0.25) is 0 Å². The summed E-state index contributed by atoms with van der Waals surface area (Å²) in [5.74, 6) is -0.735. The van der Waals surface area contributed by atoms with Gasteiger partial charge < -0.3 is 4.74 Å². The van der Waals surface area contributed by atoms with Gasteiger partial charge in [0.15, 0.2) is 0 Å². The van der Waals surface area contributed by atoms with Gasteiger partial charge in [0.05, 0.1) is 17.7 Å². The van der Waals surface area contributed by atoms with Crippen molar-refractivity contribution in [3.8, 4) is 0 Å². The lowest BCUT2D eigenvalue weighted by molar-refractivity contribution is -0.138. The van der Waals surface area contributed by atoms with Crippen molar-refractivity contribution in [1.29, 1.82) is 0 Å². The van der Waals surface area contributed by atoms with E-state index in [-0.39, 0.29) is 17.8 Å². The smallest absolute Gasteiger partial charge is 0.333 e. The fraction of sp³-hybridized carbons (Fsp3) is 0.421. The van der Waals surface area contributed by atoms with Crippen molar-refractivity contribution in [3.63, 3.8) is 0 Å². The number of carbonyl (C=O) groups is 3. The number of rotatable bonds is 9. The fourth-order valence-corrected chi connectivity index (χ4v) is 2.74. The summed E-state index contributed by atoms with van der Waals surface area (Å²) in [5, 5.41) is 0. The van der Waals surface area contributed by atoms with Gasteiger partial charge >= 0.3 is 5.97 Å². The molecule has 1 aliphatic rings. The Bertz CT molecular complexity index is 616. The molecule has 24 heavy (non-hydrogen) atoms. The lowest BCUT2D eigenvalue weighted by atomic mass is 10.1. The standard InChI is InChI=1S/C19H23NO4/c1-3-24-19(23)14(2)10-6-4-5-9-13-20-17(21)15-11-7-8-12-16(15)18(20)22/h7-8,11-12H,2-6,9-10,13H2,1H3. The molecule has 0 N–H and O–H groups in total. The maximum absolute atomic E-state index is 12.2. The average Bonchev–Trinajstić information content (AvgIpc) is 2.83. The molecule has 2 rings (SSSR count). The van der Waals surface area contributed by atoms with Crippen LogP contribution in [-0.2, 0) is 9.53 Å². The van der Waals surface area contributed by atoms with Crippen LogP contribution in [0, 0.1) is 0 Å². The average molecular weight is 329 g/mol. The van der Waals surface area contributed by atoms with Crippen LogP contribution in [0.4, 0.5) is 0 Å². The van der Waals surface area contributed by atoms with Gasteiger partial charge in [-0.15, -0.1) is 0 Å². The van der Waals surface area contributed by atoms with Gasteiger partial charge in [0.25, 0.3) is 11.8 Å². The highest BCUT2D eigenvalue weighted by Crippen LogP contribution is 2.23. The second-order valence-corrected chi connectivity index (χ2v) is 5.80. The van der Waals surface area contributed by atoms with E-state index in [0.717, 1.165) is 25.7 Å². The van der Waals surface area contributed by atoms with Crippen molar-refractivity contribution >= 4 is 17.8 Å². The molecule has 2 amide bonds. The Hall–Kier alpha value is -2.43. The normalized spacial score (nSPS) is 13.1. The molecule has 0 unspecified atom stereocenters. The number of hydrogen-bond acceptors (Lipinski definition) is 4. The SMILES string of the molecule is C=C(CCCCCCN1C(=O)c2ccccc2C1=O)C(=O)OCC. The van der Waals surface area contributed by atoms with Gasteiger partial charge in [-0.2, -0.15) is 0 Å². The van der Waals surface area contributed by atoms with E-state index in [2.05, 4.69) is 6.58 Å². The maximum Gasteiger partial charge on any atom is 0.333 e. The summed E-state index contributed by atoms with van der Waals surface area (Å²) in [6, 6.07) is 6.92. The molecule has 0 radical (unpaired) electrons. The number of carbonyl (C=O) groups excluding carboxylic acids is 3. The Morgan fingerprint density at radius 1 is 1.04 bits per heavy atom. The first-order valence-corrected chi connectivity index (χ1v) is 8.36. The molecule has 0 atom stereocenters. The third-order valence-corrected chi connectivity index (χ3v) is 4.05. The molecule has 0 bridgehead atoms. The predicted octanol–water partition coefficient (Wildman–Crippen LogP) is 3.35. The Labute approximate surface area is 142 Å². The molecular weight excluding hydrogens is 306 g/mol. The summed E-state index contributed by atoms with van der Waals surface area (Å²) < 4.78 is 4.88. The van der Waals surface area contributed by atoms with Crippen LogP contribution in [0.1, 0.15) is 59.7 Å². The van der Waals surface area contributed by atoms with Crippen molar-refractivity contribution in [3.05, 3.63) is 47.5 Å². The minimum absolute atomic E-state index is 0.203. The van der Waals surface area contributed by atoms with Gasteiger partial charge in [0, 0.05) is 12.1 Å². The number of benzene rings is 1. The Kier molecular flexibility index (Phi) is 6.29. The summed E-state index contributed by atoms with van der Waals surface area (Å²) in [6.45, 7) is 6.29. The largest absolute Gasteiger partial charge is 0.463 e. The topological polar surface area (TPSA) is 63.7 Å². The molecule has 0 saturated heterocycles. The van der Waals surface area contributed by atoms with E-state index in [4.69, 9.17) is 4.74 Å². The van der Waals surface area contributed by atoms with Gasteiger partial charge in [0.1, 0.15) is 0 Å². The molecule has 0 spiro atoms. The second-order valence-electron chi connectivity index (χ2n) is 5.80. The van der Waals surface area contributed by atoms with Crippen molar-refractivity contribution in [1.82, 2.24) is 4.90 Å². The third kappa shape index (κ3) is 4.10. The summed E-state index contributed by atoms with van der Waals surface area (Å²) in [5.41, 5.74) is 1.48. The number of nitrogens with zero attached hydrogens (tertiary/aromatic N) is 1. The van der Waals surface area contributed by atoms with E-state index >= 15 is 0 Å². The number of amides is 2. The number of ether oxygens (including phenoxy) is 1. The fourth-order valence-electron chi connectivity index (χ4n) is 2.74. The Balaban J connectivity index is 1.67. The molecule has 1 aliphatic heterocycles. The minimum Gasteiger partial charge on any atom is -0.463 e. The summed E-state index contributed by atoms with van der Waals surface area (Å²) in [4.78, 5) is 37.1. The second kappa shape index (κ2) is 8.43. The predicted molar refractivity (Wildman–Crippen MR) is 90.7 cm³/mol. The highest BCUT2D eigenvalue weighted by atomic mass is 16.5. The van der Waals surface area contributed by atoms with Crippen LogP contribution < -0.4 is 0 Å². The molecular formula is C19H23NO4. The quantitative estimate of drug-likeness (QED) is 0.302. The number of esters is 1. The minimum atomic E-state index is -0.330. The summed E-state index contributed by atoms with van der Waals surface area (Å²) in [6.07, 6.45) is 4.04. The van der Waals surface area contributed by atoms with Gasteiger partial charge in [-0.3, -0.25) is 14.5 Å². The van der Waals surface area contributed by atoms with Crippen LogP contribution in [0.3, 0.4) is 0 Å². The van der Waals surface area contributed by atoms with Crippen molar-refractivity contribution in [2.24, 2.45) is 0 Å². The van der Waals surface area contributed by atoms with Crippen molar-refractivity contribution in [2.45, 2.75) is 39.0 Å². The molecule has 128 valence electrons. The molecule has 1 aromatic carbocycles. The highest BCUT2D eigenvalue weighted by Gasteiger charge is 2.34. The van der Waals surface area contributed by atoms with Crippen molar-refractivity contribution in [2.75, 3.05) is 13.2 Å². The van der Waals surface area contributed by atoms with E-state index in [9.17, 15) is 14.4 Å². The van der Waals surface area contributed by atoms with Crippen LogP contribution in [-0.4, -0.2) is 35.8 Å². The highest BCUT2D eigenvalue weighted by molar-refractivity contribution is 6.21. The van der Waals surface area contributed by atoms with Crippen LogP contribution in [0.5, 0.6) is 0 Å². The van der Waals surface area contributed by atoms with Gasteiger partial charge in [-0.1, -0.05) is 31.6 Å². The number of unbranched alkanes of at least 4 members (excludes halogenated alkanes) is 3. The molecule has 1 aromatic rings. The van der Waals surface area contributed by atoms with Gasteiger partial charge in [-0.25, -0.2) is 4.79 Å². The first kappa shape index (κ1) is 17.9. The molecule has 5 heteroatoms. The van der Waals surface area contributed by atoms with Gasteiger partial charge in [-0.05, 0) is 38.3 Å². The van der Waals surface area contributed by atoms with E-state index in [1.807, 2.05) is 0 Å². The molecule has 1 heterocycles. The first-order chi connectivity index (χ1) is 11.6. The van der Waals surface area contributed by atoms with Crippen LogP contribution in [0.15, 0.2) is 36.4 Å². The monoisotopic (exact) mass is 329 g/mol. The number of hydrogen-bond donors (Lipinski definition) is 0. The first-order valence-electron chi connectivity index (χ1n) is 8.36. The van der Waals surface area contributed by atoms with Crippen molar-refractivity contribution < 1.29 is 19.1 Å². The van der Waals surface area contributed by atoms with E-state index < -0.39 is 0 Å². The Morgan fingerprint density at radius 3 is 2.21 bits per heavy atom. The molecule has 0 aliphatic carbocycles. The van der Waals surface area contributed by atoms with Crippen LogP contribution >= 0.6 is 0 Å². The van der Waals surface area contributed by atoms with Crippen LogP contribution in [0.25, 0.3) is 0 Å². The molecule has 0 saturated carbocycles. The Morgan fingerprint density at radius 2 is 1.62 bits per heavy atom. The van der Waals surface area contributed by atoms with E-state index in [1.165, 1.54) is 4.90 Å². The van der Waals surface area contributed by atoms with Crippen LogP contribution in [0.2, 0.25) is 0 Å². The maximum atomic E-state index is 12.2. The molecule has 0 aromatic heterocycles. The number of fused-ring (bicyclic) bond motifs is 1. The summed E-state index contributed by atoms with van der Waals surface area (Å²) >= 11 is 0. The lowest BCUT2D eigenvalue weighted by Gasteiger charge is -2.13. The molecule has 0 fully saturated rings. The zero-order valence-corrected chi connectivity index (χ0v) is 14.0. The zero-order valence-electron chi connectivity index (χ0n) is 14.0.